The highest BCUT2D eigenvalue weighted by Crippen LogP contribution is 2.24. The van der Waals surface area contributed by atoms with E-state index in [1.54, 1.807) is 19.1 Å². The van der Waals surface area contributed by atoms with Gasteiger partial charge in [0, 0.05) is 11.1 Å². The molecule has 76 valence electrons. The SMILES string of the molecule is Cc1oc(N)nc1-c1ccc(C=O)cc1. The van der Waals surface area contributed by atoms with Crippen LogP contribution >= 0.6 is 0 Å². The van der Waals surface area contributed by atoms with Gasteiger partial charge >= 0.3 is 0 Å². The second kappa shape index (κ2) is 3.57. The summed E-state index contributed by atoms with van der Waals surface area (Å²) in [6, 6.07) is 7.24. The first-order valence-corrected chi connectivity index (χ1v) is 4.49. The van der Waals surface area contributed by atoms with Crippen molar-refractivity contribution in [2.24, 2.45) is 0 Å². The summed E-state index contributed by atoms with van der Waals surface area (Å²) >= 11 is 0. The molecular weight excluding hydrogens is 192 g/mol. The molecule has 1 aromatic heterocycles. The first kappa shape index (κ1) is 9.45. The zero-order valence-corrected chi connectivity index (χ0v) is 8.23. The van der Waals surface area contributed by atoms with Crippen LogP contribution in [0.15, 0.2) is 28.7 Å². The van der Waals surface area contributed by atoms with Crippen LogP contribution < -0.4 is 5.73 Å². The highest BCUT2D eigenvalue weighted by Gasteiger charge is 2.08. The first-order chi connectivity index (χ1) is 7.20. The topological polar surface area (TPSA) is 69.1 Å². The van der Waals surface area contributed by atoms with Gasteiger partial charge in [-0.25, -0.2) is 0 Å². The van der Waals surface area contributed by atoms with Gasteiger partial charge in [0.25, 0.3) is 6.01 Å². The number of nitrogen functional groups attached to an aromatic ring is 1. The van der Waals surface area contributed by atoms with Crippen LogP contribution in [-0.4, -0.2) is 11.3 Å². The minimum Gasteiger partial charge on any atom is -0.429 e. The van der Waals surface area contributed by atoms with Crippen molar-refractivity contribution in [2.75, 3.05) is 5.73 Å². The molecule has 0 aliphatic rings. The summed E-state index contributed by atoms with van der Waals surface area (Å²) in [5.74, 6) is 0.673. The summed E-state index contributed by atoms with van der Waals surface area (Å²) in [4.78, 5) is 14.5. The zero-order valence-electron chi connectivity index (χ0n) is 8.23. The van der Waals surface area contributed by atoms with E-state index in [1.165, 1.54) is 0 Å². The van der Waals surface area contributed by atoms with Crippen molar-refractivity contribution in [1.82, 2.24) is 4.98 Å². The average molecular weight is 202 g/mol. The molecule has 2 rings (SSSR count). The third-order valence-corrected chi connectivity index (χ3v) is 2.13. The van der Waals surface area contributed by atoms with E-state index in [0.29, 0.717) is 17.0 Å². The van der Waals surface area contributed by atoms with Crippen molar-refractivity contribution in [2.45, 2.75) is 6.92 Å². The Morgan fingerprint density at radius 3 is 2.47 bits per heavy atom. The van der Waals surface area contributed by atoms with Crippen molar-refractivity contribution >= 4 is 12.3 Å². The van der Waals surface area contributed by atoms with E-state index in [9.17, 15) is 4.79 Å². The van der Waals surface area contributed by atoms with Crippen molar-refractivity contribution in [3.8, 4) is 11.3 Å². The summed E-state index contributed by atoms with van der Waals surface area (Å²) in [6.45, 7) is 1.80. The third-order valence-electron chi connectivity index (χ3n) is 2.13. The van der Waals surface area contributed by atoms with E-state index in [4.69, 9.17) is 10.2 Å². The van der Waals surface area contributed by atoms with Crippen LogP contribution in [0.25, 0.3) is 11.3 Å². The number of nitrogens with zero attached hydrogens (tertiary/aromatic N) is 1. The fraction of sp³-hybridized carbons (Fsp3) is 0.0909. The van der Waals surface area contributed by atoms with Crippen LogP contribution in [0, 0.1) is 6.92 Å². The predicted molar refractivity (Wildman–Crippen MR) is 56.5 cm³/mol. The van der Waals surface area contributed by atoms with Crippen molar-refractivity contribution in [3.63, 3.8) is 0 Å². The lowest BCUT2D eigenvalue weighted by Crippen LogP contribution is -1.85. The Balaban J connectivity index is 2.45. The molecule has 0 spiro atoms. The molecule has 0 amide bonds. The van der Waals surface area contributed by atoms with Crippen molar-refractivity contribution in [3.05, 3.63) is 35.6 Å². The minimum atomic E-state index is 0.155. The molecule has 1 aromatic carbocycles. The van der Waals surface area contributed by atoms with Gasteiger partial charge in [0.15, 0.2) is 0 Å². The number of aromatic nitrogens is 1. The van der Waals surface area contributed by atoms with Gasteiger partial charge in [-0.3, -0.25) is 4.79 Å². The molecular formula is C11H10N2O2. The van der Waals surface area contributed by atoms with Crippen molar-refractivity contribution < 1.29 is 9.21 Å². The largest absolute Gasteiger partial charge is 0.429 e. The molecule has 2 N–H and O–H groups in total. The van der Waals surface area contributed by atoms with E-state index in [1.807, 2.05) is 12.1 Å². The Morgan fingerprint density at radius 2 is 2.00 bits per heavy atom. The number of benzene rings is 1. The van der Waals surface area contributed by atoms with E-state index >= 15 is 0 Å². The van der Waals surface area contributed by atoms with Gasteiger partial charge < -0.3 is 10.2 Å². The molecule has 0 fully saturated rings. The molecule has 0 aliphatic heterocycles. The van der Waals surface area contributed by atoms with Crippen molar-refractivity contribution in [1.29, 1.82) is 0 Å². The second-order valence-corrected chi connectivity index (χ2v) is 3.20. The van der Waals surface area contributed by atoms with Crippen LogP contribution in [0.2, 0.25) is 0 Å². The maximum Gasteiger partial charge on any atom is 0.292 e. The number of carbonyl (C=O) groups is 1. The van der Waals surface area contributed by atoms with E-state index in [-0.39, 0.29) is 6.01 Å². The molecule has 0 aliphatic carbocycles. The maximum atomic E-state index is 10.5. The number of carbonyl (C=O) groups excluding carboxylic acids is 1. The molecule has 4 heteroatoms. The quantitative estimate of drug-likeness (QED) is 0.756. The Labute approximate surface area is 86.7 Å². The minimum absolute atomic E-state index is 0.155. The molecule has 0 radical (unpaired) electrons. The van der Waals surface area contributed by atoms with Crippen LogP contribution in [0.1, 0.15) is 16.1 Å². The predicted octanol–water partition coefficient (Wildman–Crippen LogP) is 2.04. The Hall–Kier alpha value is -2.10. The normalized spacial score (nSPS) is 10.2. The lowest BCUT2D eigenvalue weighted by atomic mass is 10.1. The van der Waals surface area contributed by atoms with E-state index in [0.717, 1.165) is 11.8 Å². The van der Waals surface area contributed by atoms with Gasteiger partial charge in [0.2, 0.25) is 0 Å². The van der Waals surface area contributed by atoms with Gasteiger partial charge in [-0.05, 0) is 6.92 Å². The average Bonchev–Trinajstić information content (AvgIpc) is 2.58. The number of anilines is 1. The molecule has 0 saturated carbocycles. The van der Waals surface area contributed by atoms with Gasteiger partial charge in [-0.1, -0.05) is 24.3 Å². The molecule has 0 saturated heterocycles. The number of aryl methyl sites for hydroxylation is 1. The van der Waals surface area contributed by atoms with Crippen LogP contribution in [0.4, 0.5) is 6.01 Å². The number of hydrogen-bond acceptors (Lipinski definition) is 4. The van der Waals surface area contributed by atoms with Crippen LogP contribution in [0.5, 0.6) is 0 Å². The zero-order chi connectivity index (χ0) is 10.8. The second-order valence-electron chi connectivity index (χ2n) is 3.20. The number of nitrogens with two attached hydrogens (primary N) is 1. The molecule has 4 nitrogen and oxygen atoms in total. The lowest BCUT2D eigenvalue weighted by Gasteiger charge is -1.97. The number of rotatable bonds is 2. The molecule has 0 bridgehead atoms. The molecule has 1 heterocycles. The number of oxazole rings is 1. The summed E-state index contributed by atoms with van der Waals surface area (Å²) < 4.78 is 5.12. The fourth-order valence-electron chi connectivity index (χ4n) is 1.40. The van der Waals surface area contributed by atoms with Crippen LogP contribution in [-0.2, 0) is 0 Å². The smallest absolute Gasteiger partial charge is 0.292 e. The summed E-state index contributed by atoms with van der Waals surface area (Å²) in [5.41, 5.74) is 7.67. The number of aldehydes is 1. The van der Waals surface area contributed by atoms with Gasteiger partial charge in [-0.2, -0.15) is 4.98 Å². The summed E-state index contributed by atoms with van der Waals surface area (Å²) in [6.07, 6.45) is 0.799. The van der Waals surface area contributed by atoms with Crippen LogP contribution in [0.3, 0.4) is 0 Å². The fourth-order valence-corrected chi connectivity index (χ4v) is 1.40. The highest BCUT2D eigenvalue weighted by atomic mass is 16.4. The van der Waals surface area contributed by atoms with E-state index < -0.39 is 0 Å². The molecule has 15 heavy (non-hydrogen) atoms. The summed E-state index contributed by atoms with van der Waals surface area (Å²) in [5, 5.41) is 0. The maximum absolute atomic E-state index is 10.5. The Bertz CT molecular complexity index is 486. The first-order valence-electron chi connectivity index (χ1n) is 4.49. The van der Waals surface area contributed by atoms with E-state index in [2.05, 4.69) is 4.98 Å². The standard InChI is InChI=1S/C11H10N2O2/c1-7-10(13-11(12)15-7)9-4-2-8(6-14)3-5-9/h2-6H,1H3,(H2,12,13). The third kappa shape index (κ3) is 1.74. The van der Waals surface area contributed by atoms with Gasteiger partial charge in [-0.15, -0.1) is 0 Å². The Kier molecular flexibility index (Phi) is 2.25. The molecule has 0 unspecified atom stereocenters. The monoisotopic (exact) mass is 202 g/mol. The van der Waals surface area contributed by atoms with Gasteiger partial charge in [0.1, 0.15) is 17.7 Å². The number of hydrogen-bond donors (Lipinski definition) is 1. The van der Waals surface area contributed by atoms with Gasteiger partial charge in [0.05, 0.1) is 0 Å². The lowest BCUT2D eigenvalue weighted by molar-refractivity contribution is 0.112. The Morgan fingerprint density at radius 1 is 1.33 bits per heavy atom. The highest BCUT2D eigenvalue weighted by molar-refractivity contribution is 5.76. The molecule has 0 atom stereocenters. The summed E-state index contributed by atoms with van der Waals surface area (Å²) in [7, 11) is 0. The molecule has 2 aromatic rings.